The van der Waals surface area contributed by atoms with E-state index >= 15 is 0 Å². The molecule has 0 saturated carbocycles. The lowest BCUT2D eigenvalue weighted by Crippen LogP contribution is -2.07. The Balaban J connectivity index is 1.81. The van der Waals surface area contributed by atoms with Crippen molar-refractivity contribution in [2.45, 2.75) is 19.8 Å². The lowest BCUT2D eigenvalue weighted by molar-refractivity contribution is 0.305. The van der Waals surface area contributed by atoms with Crippen LogP contribution in [0.15, 0.2) is 35.2 Å². The molecule has 0 atom stereocenters. The first-order chi connectivity index (χ1) is 8.88. The summed E-state index contributed by atoms with van der Waals surface area (Å²) in [7, 11) is 0. The van der Waals surface area contributed by atoms with Gasteiger partial charge in [-0.2, -0.15) is 0 Å². The van der Waals surface area contributed by atoms with Gasteiger partial charge >= 0.3 is 0 Å². The summed E-state index contributed by atoms with van der Waals surface area (Å²) >= 11 is 0. The molecule has 0 aliphatic heterocycles. The van der Waals surface area contributed by atoms with Crippen molar-refractivity contribution in [1.82, 2.24) is 9.97 Å². The van der Waals surface area contributed by atoms with Crippen molar-refractivity contribution in [3.63, 3.8) is 0 Å². The van der Waals surface area contributed by atoms with Crippen LogP contribution in [-0.2, 0) is 6.42 Å². The van der Waals surface area contributed by atoms with Crippen molar-refractivity contribution in [1.29, 1.82) is 0 Å². The van der Waals surface area contributed by atoms with Crippen molar-refractivity contribution >= 4 is 5.82 Å². The van der Waals surface area contributed by atoms with Crippen LogP contribution in [0.25, 0.3) is 0 Å². The van der Waals surface area contributed by atoms with Crippen molar-refractivity contribution < 1.29 is 9.15 Å². The molecular formula is C13H17N3O2. The van der Waals surface area contributed by atoms with Gasteiger partial charge in [-0.3, -0.25) is 0 Å². The summed E-state index contributed by atoms with van der Waals surface area (Å²) in [4.78, 5) is 8.18. The van der Waals surface area contributed by atoms with Gasteiger partial charge in [0, 0.05) is 19.0 Å². The molecule has 18 heavy (non-hydrogen) atoms. The van der Waals surface area contributed by atoms with Gasteiger partial charge in [0.05, 0.1) is 12.9 Å². The maximum atomic E-state index is 5.44. The molecule has 2 rings (SSSR count). The zero-order chi connectivity index (χ0) is 12.6. The van der Waals surface area contributed by atoms with Crippen molar-refractivity contribution in [3.8, 4) is 5.88 Å². The van der Waals surface area contributed by atoms with Gasteiger partial charge < -0.3 is 14.5 Å². The Bertz CT molecular complexity index is 457. The monoisotopic (exact) mass is 247 g/mol. The van der Waals surface area contributed by atoms with Crippen LogP contribution in [-0.4, -0.2) is 23.1 Å². The lowest BCUT2D eigenvalue weighted by atomic mass is 10.3. The highest BCUT2D eigenvalue weighted by Crippen LogP contribution is 2.11. The largest absolute Gasteiger partial charge is 0.478 e. The summed E-state index contributed by atoms with van der Waals surface area (Å²) in [5.41, 5.74) is 0. The quantitative estimate of drug-likeness (QED) is 0.814. The van der Waals surface area contributed by atoms with Gasteiger partial charge in [0.1, 0.15) is 17.9 Å². The first-order valence-electron chi connectivity index (χ1n) is 6.09. The van der Waals surface area contributed by atoms with Gasteiger partial charge in [-0.15, -0.1) is 0 Å². The first kappa shape index (κ1) is 12.4. The average molecular weight is 247 g/mol. The van der Waals surface area contributed by atoms with E-state index in [0.29, 0.717) is 12.5 Å². The van der Waals surface area contributed by atoms with Crippen molar-refractivity contribution in [2.75, 3.05) is 18.5 Å². The molecule has 2 aromatic rings. The van der Waals surface area contributed by atoms with E-state index in [1.165, 1.54) is 6.33 Å². The third kappa shape index (κ3) is 3.76. The molecule has 0 fully saturated rings. The van der Waals surface area contributed by atoms with Crippen LogP contribution in [0.5, 0.6) is 5.88 Å². The number of hydrogen-bond acceptors (Lipinski definition) is 5. The first-order valence-corrected chi connectivity index (χ1v) is 6.09. The average Bonchev–Trinajstić information content (AvgIpc) is 2.90. The van der Waals surface area contributed by atoms with Crippen LogP contribution < -0.4 is 10.1 Å². The molecular weight excluding hydrogens is 230 g/mol. The number of furan rings is 1. The third-order valence-corrected chi connectivity index (χ3v) is 2.35. The van der Waals surface area contributed by atoms with Gasteiger partial charge in [-0.1, -0.05) is 6.92 Å². The molecule has 0 aromatic carbocycles. The van der Waals surface area contributed by atoms with Crippen LogP contribution in [0.3, 0.4) is 0 Å². The molecule has 0 aliphatic rings. The Morgan fingerprint density at radius 1 is 1.39 bits per heavy atom. The summed E-state index contributed by atoms with van der Waals surface area (Å²) < 4.78 is 10.7. The Hall–Kier alpha value is -2.04. The number of rotatable bonds is 7. The molecule has 1 N–H and O–H groups in total. The number of nitrogens with zero attached hydrogens (tertiary/aromatic N) is 2. The number of aromatic nitrogens is 2. The van der Waals surface area contributed by atoms with Gasteiger partial charge in [0.25, 0.3) is 0 Å². The maximum Gasteiger partial charge on any atom is 0.218 e. The van der Waals surface area contributed by atoms with Crippen LogP contribution in [0.1, 0.15) is 19.1 Å². The van der Waals surface area contributed by atoms with E-state index in [0.717, 1.165) is 31.0 Å². The van der Waals surface area contributed by atoms with Crippen molar-refractivity contribution in [2.24, 2.45) is 0 Å². The second kappa shape index (κ2) is 6.64. The van der Waals surface area contributed by atoms with E-state index in [4.69, 9.17) is 9.15 Å². The Kier molecular flexibility index (Phi) is 4.58. The second-order valence-electron chi connectivity index (χ2n) is 3.85. The summed E-state index contributed by atoms with van der Waals surface area (Å²) in [5, 5.41) is 3.21. The molecule has 0 unspecified atom stereocenters. The summed E-state index contributed by atoms with van der Waals surface area (Å²) in [6, 6.07) is 5.64. The van der Waals surface area contributed by atoms with E-state index < -0.39 is 0 Å². The fraction of sp³-hybridized carbons (Fsp3) is 0.385. The number of nitrogens with one attached hydrogen (secondary N) is 1. The van der Waals surface area contributed by atoms with E-state index in [1.807, 2.05) is 12.1 Å². The molecule has 2 aromatic heterocycles. The van der Waals surface area contributed by atoms with E-state index in [9.17, 15) is 0 Å². The minimum Gasteiger partial charge on any atom is -0.478 e. The minimum atomic E-state index is 0.604. The van der Waals surface area contributed by atoms with Gasteiger partial charge in [-0.05, 0) is 18.6 Å². The van der Waals surface area contributed by atoms with Crippen LogP contribution in [0.4, 0.5) is 5.82 Å². The molecule has 0 radical (unpaired) electrons. The predicted molar refractivity (Wildman–Crippen MR) is 68.7 cm³/mol. The van der Waals surface area contributed by atoms with Crippen LogP contribution >= 0.6 is 0 Å². The normalized spacial score (nSPS) is 10.3. The number of ether oxygens (including phenoxy) is 1. The molecule has 96 valence electrons. The Morgan fingerprint density at radius 3 is 3.11 bits per heavy atom. The molecule has 2 heterocycles. The molecule has 0 aliphatic carbocycles. The standard InChI is InChI=1S/C13H17N3O2/c1-2-7-18-13-9-12(15-10-16-13)14-6-5-11-4-3-8-17-11/h3-4,8-10H,2,5-7H2,1H3,(H,14,15,16). The highest BCUT2D eigenvalue weighted by Gasteiger charge is 2.00. The Labute approximate surface area is 106 Å². The van der Waals surface area contributed by atoms with Crippen molar-refractivity contribution in [3.05, 3.63) is 36.5 Å². The number of hydrogen-bond donors (Lipinski definition) is 1. The van der Waals surface area contributed by atoms with Crippen LogP contribution in [0.2, 0.25) is 0 Å². The maximum absolute atomic E-state index is 5.44. The lowest BCUT2D eigenvalue weighted by Gasteiger charge is -2.06. The Morgan fingerprint density at radius 2 is 2.33 bits per heavy atom. The molecule has 0 amide bonds. The predicted octanol–water partition coefficient (Wildman–Crippen LogP) is 2.51. The highest BCUT2D eigenvalue weighted by molar-refractivity contribution is 5.37. The van der Waals surface area contributed by atoms with Gasteiger partial charge in [0.2, 0.25) is 5.88 Å². The smallest absolute Gasteiger partial charge is 0.218 e. The zero-order valence-corrected chi connectivity index (χ0v) is 10.4. The molecule has 5 nitrogen and oxygen atoms in total. The summed E-state index contributed by atoms with van der Waals surface area (Å²) in [6.07, 6.45) is 4.96. The number of anilines is 1. The highest BCUT2D eigenvalue weighted by atomic mass is 16.5. The van der Waals surface area contributed by atoms with E-state index in [-0.39, 0.29) is 0 Å². The second-order valence-corrected chi connectivity index (χ2v) is 3.85. The molecule has 0 saturated heterocycles. The van der Waals surface area contributed by atoms with E-state index in [2.05, 4.69) is 22.2 Å². The minimum absolute atomic E-state index is 0.604. The summed E-state index contributed by atoms with van der Waals surface area (Å²) in [5.74, 6) is 2.33. The zero-order valence-electron chi connectivity index (χ0n) is 10.4. The van der Waals surface area contributed by atoms with E-state index in [1.54, 1.807) is 12.3 Å². The molecule has 5 heteroatoms. The van der Waals surface area contributed by atoms with Gasteiger partial charge in [-0.25, -0.2) is 9.97 Å². The van der Waals surface area contributed by atoms with Crippen LogP contribution in [0, 0.1) is 0 Å². The van der Waals surface area contributed by atoms with Gasteiger partial charge in [0.15, 0.2) is 0 Å². The molecule has 0 spiro atoms. The molecule has 0 bridgehead atoms. The fourth-order valence-electron chi connectivity index (χ4n) is 1.49. The third-order valence-electron chi connectivity index (χ3n) is 2.35. The SMILES string of the molecule is CCCOc1cc(NCCc2ccco2)ncn1. The summed E-state index contributed by atoms with van der Waals surface area (Å²) in [6.45, 7) is 3.49. The topological polar surface area (TPSA) is 60.2 Å². The fourth-order valence-corrected chi connectivity index (χ4v) is 1.49.